The van der Waals surface area contributed by atoms with Crippen LogP contribution in [-0.2, 0) is 11.3 Å². The first kappa shape index (κ1) is 22.2. The molecule has 144 valence electrons. The quantitative estimate of drug-likeness (QED) is 0.269. The number of rotatable bonds is 8. The van der Waals surface area contributed by atoms with Gasteiger partial charge in [-0.3, -0.25) is 9.67 Å². The molecular formula is C18H34IN5O. The molecule has 2 rings (SSSR count). The first-order chi connectivity index (χ1) is 11.5. The van der Waals surface area contributed by atoms with Crippen molar-refractivity contribution in [3.63, 3.8) is 0 Å². The summed E-state index contributed by atoms with van der Waals surface area (Å²) in [7, 11) is 1.81. The Morgan fingerprint density at radius 2 is 2.24 bits per heavy atom. The molecule has 1 aromatic heterocycles. The largest absolute Gasteiger partial charge is 0.378 e. The molecule has 2 unspecified atom stereocenters. The zero-order valence-corrected chi connectivity index (χ0v) is 18.5. The van der Waals surface area contributed by atoms with Gasteiger partial charge in [-0.05, 0) is 25.3 Å². The highest BCUT2D eigenvalue weighted by Gasteiger charge is 2.49. The van der Waals surface area contributed by atoms with Crippen LogP contribution in [0.25, 0.3) is 0 Å². The van der Waals surface area contributed by atoms with E-state index >= 15 is 0 Å². The molecule has 0 aromatic carbocycles. The van der Waals surface area contributed by atoms with Gasteiger partial charge in [0, 0.05) is 37.9 Å². The second-order valence-corrected chi connectivity index (χ2v) is 7.25. The van der Waals surface area contributed by atoms with Gasteiger partial charge in [-0.15, -0.1) is 24.0 Å². The monoisotopic (exact) mass is 463 g/mol. The van der Waals surface area contributed by atoms with Gasteiger partial charge < -0.3 is 15.4 Å². The molecule has 0 bridgehead atoms. The van der Waals surface area contributed by atoms with Crippen LogP contribution < -0.4 is 10.6 Å². The average Bonchev–Trinajstić information content (AvgIpc) is 2.97. The Bertz CT molecular complexity index is 543. The molecule has 0 radical (unpaired) electrons. The molecule has 1 heterocycles. The number of aromatic nitrogens is 2. The molecule has 0 amide bonds. The summed E-state index contributed by atoms with van der Waals surface area (Å²) in [6, 6.07) is 0.391. The molecule has 2 N–H and O–H groups in total. The number of hydrogen-bond acceptors (Lipinski definition) is 3. The van der Waals surface area contributed by atoms with E-state index in [-0.39, 0.29) is 29.4 Å². The normalized spacial score (nSPS) is 22.0. The zero-order chi connectivity index (χ0) is 17.6. The lowest BCUT2D eigenvalue weighted by Gasteiger charge is -2.52. The van der Waals surface area contributed by atoms with E-state index in [1.807, 2.05) is 24.1 Å². The van der Waals surface area contributed by atoms with Gasteiger partial charge in [-0.25, -0.2) is 0 Å². The summed E-state index contributed by atoms with van der Waals surface area (Å²) in [5.41, 5.74) is 1.31. The Kier molecular flexibility index (Phi) is 9.20. The number of aryl methyl sites for hydroxylation is 1. The SMILES string of the molecule is CCCCOC1CC(NC(=NC)NCCn2cc(C)cn2)C1(C)C.I. The van der Waals surface area contributed by atoms with E-state index < -0.39 is 0 Å². The molecule has 0 spiro atoms. The van der Waals surface area contributed by atoms with E-state index in [2.05, 4.69) is 48.4 Å². The number of halogens is 1. The van der Waals surface area contributed by atoms with Gasteiger partial charge >= 0.3 is 0 Å². The highest BCUT2D eigenvalue weighted by molar-refractivity contribution is 14.0. The van der Waals surface area contributed by atoms with Crippen molar-refractivity contribution >= 4 is 29.9 Å². The molecule has 6 nitrogen and oxygen atoms in total. The molecular weight excluding hydrogens is 429 g/mol. The van der Waals surface area contributed by atoms with Crippen LogP contribution in [0.5, 0.6) is 0 Å². The number of hydrogen-bond donors (Lipinski definition) is 2. The minimum Gasteiger partial charge on any atom is -0.378 e. The number of nitrogens with one attached hydrogen (secondary N) is 2. The zero-order valence-electron chi connectivity index (χ0n) is 16.2. The van der Waals surface area contributed by atoms with Crippen LogP contribution >= 0.6 is 24.0 Å². The third-order valence-corrected chi connectivity index (χ3v) is 4.92. The van der Waals surface area contributed by atoms with Crippen molar-refractivity contribution in [3.8, 4) is 0 Å². The molecule has 2 atom stereocenters. The van der Waals surface area contributed by atoms with Gasteiger partial charge in [0.2, 0.25) is 0 Å². The Morgan fingerprint density at radius 3 is 2.80 bits per heavy atom. The first-order valence-corrected chi connectivity index (χ1v) is 9.05. The fourth-order valence-corrected chi connectivity index (χ4v) is 3.02. The Labute approximate surface area is 169 Å². The Hall–Kier alpha value is -0.830. The van der Waals surface area contributed by atoms with Crippen LogP contribution in [0.3, 0.4) is 0 Å². The predicted molar refractivity (Wildman–Crippen MR) is 114 cm³/mol. The van der Waals surface area contributed by atoms with Crippen LogP contribution in [0.15, 0.2) is 17.4 Å². The lowest BCUT2D eigenvalue weighted by molar-refractivity contribution is -0.113. The number of aliphatic imine (C=N–C) groups is 1. The number of ether oxygens (including phenoxy) is 1. The summed E-state index contributed by atoms with van der Waals surface area (Å²) in [5, 5.41) is 11.2. The minimum atomic E-state index is 0. The van der Waals surface area contributed by atoms with Crippen molar-refractivity contribution < 1.29 is 4.74 Å². The van der Waals surface area contributed by atoms with Gasteiger partial charge in [-0.1, -0.05) is 27.2 Å². The van der Waals surface area contributed by atoms with E-state index in [0.29, 0.717) is 12.1 Å². The van der Waals surface area contributed by atoms with E-state index in [1.54, 1.807) is 0 Å². The molecule has 1 aromatic rings. The third-order valence-electron chi connectivity index (χ3n) is 4.92. The van der Waals surface area contributed by atoms with Crippen molar-refractivity contribution in [1.82, 2.24) is 20.4 Å². The maximum Gasteiger partial charge on any atom is 0.191 e. The Morgan fingerprint density at radius 1 is 1.48 bits per heavy atom. The molecule has 1 aliphatic carbocycles. The summed E-state index contributed by atoms with van der Waals surface area (Å²) in [4.78, 5) is 4.34. The predicted octanol–water partition coefficient (Wildman–Crippen LogP) is 2.96. The van der Waals surface area contributed by atoms with Gasteiger partial charge in [0.25, 0.3) is 0 Å². The summed E-state index contributed by atoms with van der Waals surface area (Å²) in [6.07, 6.45) is 7.62. The fourth-order valence-electron chi connectivity index (χ4n) is 3.02. The number of unbranched alkanes of at least 4 members (excludes halogenated alkanes) is 1. The molecule has 1 aliphatic rings. The van der Waals surface area contributed by atoms with Gasteiger partial charge in [0.1, 0.15) is 0 Å². The maximum absolute atomic E-state index is 6.01. The van der Waals surface area contributed by atoms with E-state index in [4.69, 9.17) is 4.74 Å². The topological polar surface area (TPSA) is 63.5 Å². The summed E-state index contributed by atoms with van der Waals surface area (Å²) < 4.78 is 7.95. The van der Waals surface area contributed by atoms with Crippen LogP contribution in [0.4, 0.5) is 0 Å². The summed E-state index contributed by atoms with van der Waals surface area (Å²) in [6.45, 7) is 11.3. The second-order valence-electron chi connectivity index (χ2n) is 7.25. The second kappa shape index (κ2) is 10.4. The minimum absolute atomic E-state index is 0. The average molecular weight is 463 g/mol. The van der Waals surface area contributed by atoms with Gasteiger partial charge in [0.15, 0.2) is 5.96 Å². The van der Waals surface area contributed by atoms with E-state index in [1.165, 1.54) is 12.0 Å². The molecule has 0 aliphatic heterocycles. The molecule has 25 heavy (non-hydrogen) atoms. The Balaban J connectivity index is 0.00000312. The van der Waals surface area contributed by atoms with Crippen LogP contribution in [0, 0.1) is 12.3 Å². The lowest BCUT2D eigenvalue weighted by Crippen LogP contribution is -2.63. The highest BCUT2D eigenvalue weighted by atomic mass is 127. The van der Waals surface area contributed by atoms with Crippen molar-refractivity contribution in [2.24, 2.45) is 10.4 Å². The van der Waals surface area contributed by atoms with Crippen molar-refractivity contribution in [3.05, 3.63) is 18.0 Å². The maximum atomic E-state index is 6.01. The first-order valence-electron chi connectivity index (χ1n) is 9.05. The smallest absolute Gasteiger partial charge is 0.191 e. The standard InChI is InChI=1S/C18H33N5O.HI/c1-6-7-10-24-16-11-15(18(16,3)4)22-17(19-5)20-8-9-23-13-14(2)12-21-23;/h12-13,15-16H,6-11H2,1-5H3,(H2,19,20,22);1H. The van der Waals surface area contributed by atoms with Gasteiger partial charge in [-0.2, -0.15) is 5.10 Å². The van der Waals surface area contributed by atoms with Gasteiger partial charge in [0.05, 0.1) is 18.8 Å². The number of guanidine groups is 1. The molecule has 7 heteroatoms. The molecule has 1 fully saturated rings. The molecule has 0 saturated heterocycles. The summed E-state index contributed by atoms with van der Waals surface area (Å²) in [5.74, 6) is 0.851. The fraction of sp³-hybridized carbons (Fsp3) is 0.778. The lowest BCUT2D eigenvalue weighted by atomic mass is 9.64. The van der Waals surface area contributed by atoms with Crippen LogP contribution in [0.2, 0.25) is 0 Å². The summed E-state index contributed by atoms with van der Waals surface area (Å²) >= 11 is 0. The van der Waals surface area contributed by atoms with E-state index in [9.17, 15) is 0 Å². The van der Waals surface area contributed by atoms with Crippen LogP contribution in [0.1, 0.15) is 45.6 Å². The van der Waals surface area contributed by atoms with Crippen molar-refractivity contribution in [1.29, 1.82) is 0 Å². The van der Waals surface area contributed by atoms with Crippen molar-refractivity contribution in [2.45, 2.75) is 65.6 Å². The van der Waals surface area contributed by atoms with E-state index in [0.717, 1.165) is 38.5 Å². The highest BCUT2D eigenvalue weighted by Crippen LogP contribution is 2.42. The van der Waals surface area contributed by atoms with Crippen LogP contribution in [-0.4, -0.2) is 48.1 Å². The number of nitrogens with zero attached hydrogens (tertiary/aromatic N) is 3. The third kappa shape index (κ3) is 6.13. The van der Waals surface area contributed by atoms with Crippen molar-refractivity contribution in [2.75, 3.05) is 20.2 Å². The molecule has 1 saturated carbocycles.